The third kappa shape index (κ3) is 8.10. The molecule has 0 fully saturated rings. The van der Waals surface area contributed by atoms with Crippen LogP contribution in [-0.4, -0.2) is 48.5 Å². The minimum atomic E-state index is -0.383. The number of carbonyl (C=O) groups is 2. The van der Waals surface area contributed by atoms with Gasteiger partial charge in [0.25, 0.3) is 5.91 Å². The van der Waals surface area contributed by atoms with Gasteiger partial charge in [-0.1, -0.05) is 57.6 Å². The first-order valence-corrected chi connectivity index (χ1v) is 13.7. The number of halogens is 1. The van der Waals surface area contributed by atoms with E-state index in [1.54, 1.807) is 25.3 Å². The van der Waals surface area contributed by atoms with E-state index < -0.39 is 0 Å². The standard InChI is InChI=1S/C28H26BrN5O5S/c1-18-7-3-4-8-21(18)27(36)31-28-34-33-26(40-28)16-25(35)32-30-17-19-15-20(29)11-12-22(19)38-13-14-39-24-10-6-5-9-23(24)37-2/h3-12,15,17H,13-14,16H2,1-2H3,(H,32,35)(H,31,34,36)/b30-17+. The van der Waals surface area contributed by atoms with E-state index in [1.165, 1.54) is 6.21 Å². The van der Waals surface area contributed by atoms with E-state index in [9.17, 15) is 9.59 Å². The molecule has 0 bridgehead atoms. The van der Waals surface area contributed by atoms with Gasteiger partial charge < -0.3 is 14.2 Å². The van der Waals surface area contributed by atoms with E-state index in [0.29, 0.717) is 45.1 Å². The summed E-state index contributed by atoms with van der Waals surface area (Å²) in [6, 6.07) is 20.1. The van der Waals surface area contributed by atoms with E-state index in [1.807, 2.05) is 55.5 Å². The van der Waals surface area contributed by atoms with Gasteiger partial charge in [-0.25, -0.2) is 5.43 Å². The lowest BCUT2D eigenvalue weighted by Gasteiger charge is -2.12. The Morgan fingerprint density at radius 1 is 0.975 bits per heavy atom. The van der Waals surface area contributed by atoms with Gasteiger partial charge in [0, 0.05) is 15.6 Å². The third-order valence-corrected chi connectivity index (χ3v) is 6.75. The Morgan fingerprint density at radius 3 is 2.48 bits per heavy atom. The number of benzene rings is 3. The molecule has 0 atom stereocenters. The Balaban J connectivity index is 1.27. The van der Waals surface area contributed by atoms with E-state index in [0.717, 1.165) is 21.4 Å². The lowest BCUT2D eigenvalue weighted by atomic mass is 10.1. The molecule has 4 aromatic rings. The van der Waals surface area contributed by atoms with E-state index >= 15 is 0 Å². The molecule has 12 heteroatoms. The molecule has 0 spiro atoms. The predicted molar refractivity (Wildman–Crippen MR) is 157 cm³/mol. The highest BCUT2D eigenvalue weighted by molar-refractivity contribution is 9.10. The molecule has 0 aliphatic heterocycles. The van der Waals surface area contributed by atoms with Crippen molar-refractivity contribution in [3.8, 4) is 17.2 Å². The summed E-state index contributed by atoms with van der Waals surface area (Å²) in [4.78, 5) is 24.9. The van der Waals surface area contributed by atoms with Crippen LogP contribution in [0.1, 0.15) is 26.5 Å². The molecule has 206 valence electrons. The summed E-state index contributed by atoms with van der Waals surface area (Å²) in [6.07, 6.45) is 1.45. The molecule has 3 aromatic carbocycles. The number of aryl methyl sites for hydroxylation is 1. The van der Waals surface area contributed by atoms with Gasteiger partial charge >= 0.3 is 0 Å². The van der Waals surface area contributed by atoms with E-state index in [4.69, 9.17) is 14.2 Å². The van der Waals surface area contributed by atoms with Crippen LogP contribution in [0.15, 0.2) is 76.3 Å². The normalized spacial score (nSPS) is 10.8. The van der Waals surface area contributed by atoms with Crippen molar-refractivity contribution in [3.05, 3.63) is 92.9 Å². The average molecular weight is 625 g/mol. The molecule has 0 aliphatic rings. The zero-order chi connectivity index (χ0) is 28.3. The van der Waals surface area contributed by atoms with Crippen LogP contribution < -0.4 is 25.0 Å². The fraction of sp³-hybridized carbons (Fsp3) is 0.179. The summed E-state index contributed by atoms with van der Waals surface area (Å²) < 4.78 is 17.7. The van der Waals surface area contributed by atoms with Gasteiger partial charge in [-0.05, 0) is 48.9 Å². The molecule has 4 rings (SSSR count). The first kappa shape index (κ1) is 28.7. The van der Waals surface area contributed by atoms with Crippen molar-refractivity contribution in [3.63, 3.8) is 0 Å². The Bertz CT molecular complexity index is 1510. The summed E-state index contributed by atoms with van der Waals surface area (Å²) in [5.74, 6) is 1.18. The highest BCUT2D eigenvalue weighted by Gasteiger charge is 2.14. The molecule has 0 unspecified atom stereocenters. The number of amides is 2. The van der Waals surface area contributed by atoms with Crippen LogP contribution in [0.25, 0.3) is 0 Å². The van der Waals surface area contributed by atoms with Crippen LogP contribution in [0.3, 0.4) is 0 Å². The van der Waals surface area contributed by atoms with Crippen molar-refractivity contribution in [2.75, 3.05) is 25.6 Å². The van der Waals surface area contributed by atoms with Crippen LogP contribution in [0, 0.1) is 6.92 Å². The summed E-state index contributed by atoms with van der Waals surface area (Å²) in [5.41, 5.74) is 4.54. The Morgan fingerprint density at radius 2 is 1.70 bits per heavy atom. The van der Waals surface area contributed by atoms with Crippen molar-refractivity contribution in [1.29, 1.82) is 0 Å². The lowest BCUT2D eigenvalue weighted by molar-refractivity contribution is -0.120. The Labute approximate surface area is 243 Å². The maximum absolute atomic E-state index is 12.5. The average Bonchev–Trinajstić information content (AvgIpc) is 3.38. The number of hydrazone groups is 1. The van der Waals surface area contributed by atoms with Crippen molar-refractivity contribution in [2.45, 2.75) is 13.3 Å². The minimum absolute atomic E-state index is 0.0443. The number of nitrogens with zero attached hydrogens (tertiary/aromatic N) is 3. The van der Waals surface area contributed by atoms with Crippen molar-refractivity contribution in [1.82, 2.24) is 15.6 Å². The number of nitrogens with one attached hydrogen (secondary N) is 2. The molecule has 1 aromatic heterocycles. The monoisotopic (exact) mass is 623 g/mol. The maximum Gasteiger partial charge on any atom is 0.257 e. The number of aromatic nitrogens is 2. The van der Waals surface area contributed by atoms with Crippen LogP contribution >= 0.6 is 27.3 Å². The van der Waals surface area contributed by atoms with Gasteiger partial charge in [0.15, 0.2) is 11.5 Å². The van der Waals surface area contributed by atoms with Crippen molar-refractivity contribution in [2.24, 2.45) is 5.10 Å². The quantitative estimate of drug-likeness (QED) is 0.129. The summed E-state index contributed by atoms with van der Waals surface area (Å²) >= 11 is 4.56. The van der Waals surface area contributed by atoms with E-state index in [-0.39, 0.29) is 24.8 Å². The van der Waals surface area contributed by atoms with Crippen molar-refractivity contribution < 1.29 is 23.8 Å². The number of hydrogen-bond donors (Lipinski definition) is 2. The maximum atomic E-state index is 12.5. The van der Waals surface area contributed by atoms with Gasteiger partial charge in [-0.15, -0.1) is 10.2 Å². The summed E-state index contributed by atoms with van der Waals surface area (Å²) in [6.45, 7) is 2.44. The molecular weight excluding hydrogens is 598 g/mol. The van der Waals surface area contributed by atoms with Crippen LogP contribution in [0.4, 0.5) is 5.13 Å². The van der Waals surface area contributed by atoms with Gasteiger partial charge in [0.2, 0.25) is 11.0 Å². The van der Waals surface area contributed by atoms with Gasteiger partial charge in [0.05, 0.1) is 19.7 Å². The number of para-hydroxylation sites is 2. The fourth-order valence-electron chi connectivity index (χ4n) is 3.51. The first-order chi connectivity index (χ1) is 19.4. The molecule has 0 saturated heterocycles. The van der Waals surface area contributed by atoms with Gasteiger partial charge in [-0.3, -0.25) is 14.9 Å². The van der Waals surface area contributed by atoms with Gasteiger partial charge in [-0.2, -0.15) is 5.10 Å². The molecule has 40 heavy (non-hydrogen) atoms. The highest BCUT2D eigenvalue weighted by atomic mass is 79.9. The Hall–Kier alpha value is -4.29. The van der Waals surface area contributed by atoms with Crippen LogP contribution in [0.5, 0.6) is 17.2 Å². The third-order valence-electron chi connectivity index (χ3n) is 5.42. The second-order valence-electron chi connectivity index (χ2n) is 8.27. The number of ether oxygens (including phenoxy) is 3. The smallest absolute Gasteiger partial charge is 0.257 e. The zero-order valence-electron chi connectivity index (χ0n) is 21.7. The number of hydrogen-bond acceptors (Lipinski definition) is 9. The summed E-state index contributed by atoms with van der Waals surface area (Å²) in [7, 11) is 1.59. The molecule has 10 nitrogen and oxygen atoms in total. The van der Waals surface area contributed by atoms with Crippen LogP contribution in [0.2, 0.25) is 0 Å². The molecule has 2 amide bonds. The molecule has 2 N–H and O–H groups in total. The number of carbonyl (C=O) groups excluding carboxylic acids is 2. The molecular formula is C28H26BrN5O5S. The number of anilines is 1. The highest BCUT2D eigenvalue weighted by Crippen LogP contribution is 2.26. The summed E-state index contributed by atoms with van der Waals surface area (Å²) in [5, 5.41) is 15.5. The Kier molecular flexibility index (Phi) is 10.2. The zero-order valence-corrected chi connectivity index (χ0v) is 24.1. The van der Waals surface area contributed by atoms with Gasteiger partial charge in [0.1, 0.15) is 24.0 Å². The minimum Gasteiger partial charge on any atom is -0.493 e. The second kappa shape index (κ2) is 14.2. The fourth-order valence-corrected chi connectivity index (χ4v) is 4.62. The SMILES string of the molecule is COc1ccccc1OCCOc1ccc(Br)cc1/C=N/NC(=O)Cc1nnc(NC(=O)c2ccccc2C)s1. The van der Waals surface area contributed by atoms with Crippen molar-refractivity contribution >= 4 is 50.4 Å². The largest absolute Gasteiger partial charge is 0.493 e. The number of rotatable bonds is 12. The second-order valence-corrected chi connectivity index (χ2v) is 10.2. The topological polar surface area (TPSA) is 124 Å². The molecule has 0 aliphatic carbocycles. The molecule has 0 saturated carbocycles. The molecule has 0 radical (unpaired) electrons. The first-order valence-electron chi connectivity index (χ1n) is 12.1. The number of methoxy groups -OCH3 is 1. The van der Waals surface area contributed by atoms with E-state index in [2.05, 4.69) is 42.0 Å². The lowest BCUT2D eigenvalue weighted by Crippen LogP contribution is -2.19. The predicted octanol–water partition coefficient (Wildman–Crippen LogP) is 5.02. The molecule has 1 heterocycles. The van der Waals surface area contributed by atoms with Crippen LogP contribution in [-0.2, 0) is 11.2 Å².